The average Bonchev–Trinajstić information content (AvgIpc) is 2.39. The zero-order chi connectivity index (χ0) is 14.8. The number of hydrogen-bond acceptors (Lipinski definition) is 4. The summed E-state index contributed by atoms with van der Waals surface area (Å²) in [5.74, 6) is 0. The molecule has 20 heavy (non-hydrogen) atoms. The lowest BCUT2D eigenvalue weighted by molar-refractivity contribution is 0.200. The van der Waals surface area contributed by atoms with Crippen molar-refractivity contribution >= 4 is 10.0 Å². The van der Waals surface area contributed by atoms with Gasteiger partial charge in [0.15, 0.2) is 0 Å². The number of nitrogens with zero attached hydrogens (tertiary/aromatic N) is 1. The molecule has 0 radical (unpaired) electrons. The van der Waals surface area contributed by atoms with E-state index in [1.807, 2.05) is 19.9 Å². The molecule has 0 saturated carbocycles. The van der Waals surface area contributed by atoms with Crippen LogP contribution in [0.5, 0.6) is 0 Å². The zero-order valence-corrected chi connectivity index (χ0v) is 13.0. The third-order valence-corrected chi connectivity index (χ3v) is 5.27. The van der Waals surface area contributed by atoms with Crippen LogP contribution in [0.1, 0.15) is 36.0 Å². The topological polar surface area (TPSA) is 75.4 Å². The van der Waals surface area contributed by atoms with Crippen molar-refractivity contribution in [2.75, 3.05) is 13.1 Å². The summed E-state index contributed by atoms with van der Waals surface area (Å²) in [6.07, 6.45) is 3.23. The van der Waals surface area contributed by atoms with E-state index in [0.29, 0.717) is 11.4 Å². The van der Waals surface area contributed by atoms with Gasteiger partial charge in [0.05, 0.1) is 4.90 Å². The number of hydrogen-bond donors (Lipinski definition) is 2. The fourth-order valence-corrected chi connectivity index (χ4v) is 3.99. The fraction of sp³-hybridized carbons (Fsp3) is 0.571. The number of benzene rings is 1. The van der Waals surface area contributed by atoms with Crippen molar-refractivity contribution in [3.8, 4) is 0 Å². The van der Waals surface area contributed by atoms with E-state index in [4.69, 9.17) is 5.73 Å². The van der Waals surface area contributed by atoms with Crippen LogP contribution in [0.4, 0.5) is 0 Å². The van der Waals surface area contributed by atoms with Gasteiger partial charge in [0.25, 0.3) is 10.0 Å². The summed E-state index contributed by atoms with van der Waals surface area (Å²) in [5, 5.41) is 1.79. The SMILES string of the molecule is Cc1cc(C)c(S(=O)(=O)NN2CCCCC2)cc1CN. The molecule has 0 amide bonds. The highest BCUT2D eigenvalue weighted by Crippen LogP contribution is 2.21. The molecule has 1 heterocycles. The van der Waals surface area contributed by atoms with Gasteiger partial charge in [-0.3, -0.25) is 0 Å². The molecule has 3 N–H and O–H groups in total. The minimum atomic E-state index is -3.52. The smallest absolute Gasteiger partial charge is 0.253 e. The molecule has 1 fully saturated rings. The summed E-state index contributed by atoms with van der Waals surface area (Å²) in [6.45, 7) is 5.65. The quantitative estimate of drug-likeness (QED) is 0.882. The summed E-state index contributed by atoms with van der Waals surface area (Å²) in [4.78, 5) is 3.02. The molecule has 0 unspecified atom stereocenters. The van der Waals surface area contributed by atoms with Gasteiger partial charge in [-0.2, -0.15) is 0 Å². The molecule has 1 aliphatic rings. The van der Waals surface area contributed by atoms with Gasteiger partial charge in [-0.1, -0.05) is 12.5 Å². The van der Waals surface area contributed by atoms with Crippen LogP contribution in [0.25, 0.3) is 0 Å². The lowest BCUT2D eigenvalue weighted by atomic mass is 10.1. The molecule has 112 valence electrons. The first-order chi connectivity index (χ1) is 9.44. The van der Waals surface area contributed by atoms with Crippen molar-refractivity contribution < 1.29 is 8.42 Å². The highest BCUT2D eigenvalue weighted by molar-refractivity contribution is 7.89. The monoisotopic (exact) mass is 297 g/mol. The Labute approximate surface area is 121 Å². The Morgan fingerprint density at radius 2 is 1.80 bits per heavy atom. The Morgan fingerprint density at radius 3 is 2.40 bits per heavy atom. The standard InChI is InChI=1S/C14H23N3O2S/c1-11-8-12(2)14(9-13(11)10-15)20(18,19)16-17-6-4-3-5-7-17/h8-9,16H,3-7,10,15H2,1-2H3. The summed E-state index contributed by atoms with van der Waals surface area (Å²) in [5.41, 5.74) is 8.32. The molecule has 1 aromatic carbocycles. The van der Waals surface area contributed by atoms with E-state index >= 15 is 0 Å². The number of hydrazine groups is 1. The van der Waals surface area contributed by atoms with E-state index in [0.717, 1.165) is 42.6 Å². The van der Waals surface area contributed by atoms with E-state index in [1.54, 1.807) is 11.1 Å². The van der Waals surface area contributed by atoms with Crippen LogP contribution in [0.3, 0.4) is 0 Å². The first-order valence-corrected chi connectivity index (χ1v) is 8.50. The van der Waals surface area contributed by atoms with Gasteiger partial charge in [0.1, 0.15) is 0 Å². The van der Waals surface area contributed by atoms with Crippen LogP contribution < -0.4 is 10.6 Å². The molecular weight excluding hydrogens is 274 g/mol. The predicted molar refractivity (Wildman–Crippen MR) is 79.6 cm³/mol. The van der Waals surface area contributed by atoms with E-state index in [-0.39, 0.29) is 0 Å². The first kappa shape index (κ1) is 15.4. The van der Waals surface area contributed by atoms with Gasteiger partial charge >= 0.3 is 0 Å². The maximum absolute atomic E-state index is 12.5. The third-order valence-electron chi connectivity index (χ3n) is 3.75. The molecule has 0 aliphatic carbocycles. The van der Waals surface area contributed by atoms with Gasteiger partial charge in [0.2, 0.25) is 0 Å². The van der Waals surface area contributed by atoms with Crippen molar-refractivity contribution in [1.29, 1.82) is 0 Å². The fourth-order valence-electron chi connectivity index (χ4n) is 2.59. The highest BCUT2D eigenvalue weighted by Gasteiger charge is 2.22. The number of piperidine rings is 1. The number of sulfonamides is 1. The van der Waals surface area contributed by atoms with Gasteiger partial charge in [-0.05, 0) is 49.4 Å². The average molecular weight is 297 g/mol. The first-order valence-electron chi connectivity index (χ1n) is 7.01. The maximum Gasteiger partial charge on any atom is 0.253 e. The third kappa shape index (κ3) is 3.38. The molecule has 1 aromatic rings. The molecule has 0 bridgehead atoms. The second-order valence-electron chi connectivity index (χ2n) is 5.39. The lowest BCUT2D eigenvalue weighted by Crippen LogP contribution is -2.45. The summed E-state index contributed by atoms with van der Waals surface area (Å²) >= 11 is 0. The van der Waals surface area contributed by atoms with Crippen LogP contribution in [-0.2, 0) is 16.6 Å². The number of nitrogens with two attached hydrogens (primary N) is 1. The Hall–Kier alpha value is -0.950. The molecule has 1 aliphatic heterocycles. The molecule has 2 rings (SSSR count). The van der Waals surface area contributed by atoms with Gasteiger partial charge < -0.3 is 5.73 Å². The van der Waals surface area contributed by atoms with Crippen molar-refractivity contribution in [3.05, 3.63) is 28.8 Å². The zero-order valence-electron chi connectivity index (χ0n) is 12.1. The summed E-state index contributed by atoms with van der Waals surface area (Å²) in [6, 6.07) is 3.57. The molecule has 5 nitrogen and oxygen atoms in total. The molecule has 6 heteroatoms. The van der Waals surface area contributed by atoms with Crippen molar-refractivity contribution in [3.63, 3.8) is 0 Å². The van der Waals surface area contributed by atoms with E-state index < -0.39 is 10.0 Å². The van der Waals surface area contributed by atoms with Crippen LogP contribution >= 0.6 is 0 Å². The second kappa shape index (κ2) is 6.22. The molecule has 0 spiro atoms. The maximum atomic E-state index is 12.5. The van der Waals surface area contributed by atoms with Crippen molar-refractivity contribution in [2.24, 2.45) is 5.73 Å². The van der Waals surface area contributed by atoms with Gasteiger partial charge in [-0.15, -0.1) is 4.83 Å². The lowest BCUT2D eigenvalue weighted by Gasteiger charge is -2.27. The van der Waals surface area contributed by atoms with Gasteiger partial charge in [0, 0.05) is 19.6 Å². The molecule has 1 saturated heterocycles. The molecule has 0 atom stereocenters. The molecule has 0 aromatic heterocycles. The minimum absolute atomic E-state index is 0.328. The van der Waals surface area contributed by atoms with Crippen molar-refractivity contribution in [2.45, 2.75) is 44.6 Å². The molecular formula is C14H23N3O2S. The Morgan fingerprint density at radius 1 is 1.15 bits per heavy atom. The Kier molecular flexibility index (Phi) is 4.80. The Bertz CT molecular complexity index is 578. The van der Waals surface area contributed by atoms with Crippen LogP contribution in [0.2, 0.25) is 0 Å². The second-order valence-corrected chi connectivity index (χ2v) is 7.02. The minimum Gasteiger partial charge on any atom is -0.326 e. The van der Waals surface area contributed by atoms with E-state index in [9.17, 15) is 8.42 Å². The largest absolute Gasteiger partial charge is 0.326 e. The predicted octanol–water partition coefficient (Wildman–Crippen LogP) is 1.44. The van der Waals surface area contributed by atoms with E-state index in [1.165, 1.54) is 6.42 Å². The summed E-state index contributed by atoms with van der Waals surface area (Å²) < 4.78 is 25.0. The highest BCUT2D eigenvalue weighted by atomic mass is 32.2. The van der Waals surface area contributed by atoms with Crippen LogP contribution in [0, 0.1) is 13.8 Å². The van der Waals surface area contributed by atoms with Crippen LogP contribution in [0.15, 0.2) is 17.0 Å². The van der Waals surface area contributed by atoms with Crippen molar-refractivity contribution in [1.82, 2.24) is 9.84 Å². The number of rotatable bonds is 4. The number of nitrogens with one attached hydrogen (secondary N) is 1. The van der Waals surface area contributed by atoms with E-state index in [2.05, 4.69) is 4.83 Å². The number of aryl methyl sites for hydroxylation is 2. The normalized spacial score (nSPS) is 17.4. The van der Waals surface area contributed by atoms with Gasteiger partial charge in [-0.25, -0.2) is 13.4 Å². The Balaban J connectivity index is 2.28. The summed E-state index contributed by atoms with van der Waals surface area (Å²) in [7, 11) is -3.52. The van der Waals surface area contributed by atoms with Crippen LogP contribution in [-0.4, -0.2) is 26.5 Å².